The summed E-state index contributed by atoms with van der Waals surface area (Å²) in [6.45, 7) is 10.6. The minimum atomic E-state index is -0.817. The van der Waals surface area contributed by atoms with Crippen molar-refractivity contribution in [3.63, 3.8) is 0 Å². The lowest BCUT2D eigenvalue weighted by atomic mass is 10.2. The highest BCUT2D eigenvalue weighted by molar-refractivity contribution is 5.59. The number of hydrogen-bond donors (Lipinski definition) is 0. The van der Waals surface area contributed by atoms with E-state index in [2.05, 4.69) is 4.89 Å². The van der Waals surface area contributed by atoms with Crippen LogP contribution in [-0.4, -0.2) is 17.4 Å². The van der Waals surface area contributed by atoms with Crippen molar-refractivity contribution >= 4 is 6.16 Å². The zero-order valence-corrected chi connectivity index (χ0v) is 9.13. The van der Waals surface area contributed by atoms with E-state index >= 15 is 0 Å². The molecule has 0 heterocycles. The Morgan fingerprint density at radius 3 is 1.69 bits per heavy atom. The Kier molecular flexibility index (Phi) is 3.72. The van der Waals surface area contributed by atoms with Crippen LogP contribution in [0.1, 0.15) is 41.5 Å². The number of carbonyl (C=O) groups excluding carboxylic acids is 1. The first kappa shape index (κ1) is 12.2. The van der Waals surface area contributed by atoms with Crippen LogP contribution in [0.2, 0.25) is 0 Å². The highest BCUT2D eigenvalue weighted by atomic mass is 17.2. The van der Waals surface area contributed by atoms with Crippen LogP contribution in [0.25, 0.3) is 0 Å². The fraction of sp³-hybridized carbons (Fsp3) is 0.889. The topological polar surface area (TPSA) is 44.8 Å². The first-order valence-corrected chi connectivity index (χ1v) is 4.19. The summed E-state index contributed by atoms with van der Waals surface area (Å²) in [5.41, 5.74) is -1.07. The monoisotopic (exact) mass is 190 g/mol. The van der Waals surface area contributed by atoms with Crippen LogP contribution >= 0.6 is 0 Å². The van der Waals surface area contributed by atoms with Gasteiger partial charge >= 0.3 is 6.16 Å². The van der Waals surface area contributed by atoms with Gasteiger partial charge < -0.3 is 4.74 Å². The fourth-order valence-electron chi connectivity index (χ4n) is 0.426. The Hall–Kier alpha value is -0.770. The summed E-state index contributed by atoms with van der Waals surface area (Å²) in [6.07, 6.45) is -0.817. The summed E-state index contributed by atoms with van der Waals surface area (Å²) in [7, 11) is 0. The molecule has 0 aliphatic rings. The lowest BCUT2D eigenvalue weighted by Gasteiger charge is -2.21. The third-order valence-electron chi connectivity index (χ3n) is 0.749. The van der Waals surface area contributed by atoms with Gasteiger partial charge in [0, 0.05) is 0 Å². The Bertz CT molecular complexity index is 173. The van der Waals surface area contributed by atoms with Gasteiger partial charge in [0.25, 0.3) is 0 Å². The fourth-order valence-corrected chi connectivity index (χ4v) is 0.426. The second kappa shape index (κ2) is 3.96. The summed E-state index contributed by atoms with van der Waals surface area (Å²) in [5, 5.41) is 0. The van der Waals surface area contributed by atoms with Gasteiger partial charge in [-0.05, 0) is 41.5 Å². The van der Waals surface area contributed by atoms with E-state index in [4.69, 9.17) is 9.62 Å². The van der Waals surface area contributed by atoms with E-state index in [-0.39, 0.29) is 0 Å². The summed E-state index contributed by atoms with van der Waals surface area (Å²) >= 11 is 0. The maximum Gasteiger partial charge on any atom is 0.540 e. The lowest BCUT2D eigenvalue weighted by Crippen LogP contribution is -2.28. The van der Waals surface area contributed by atoms with Crippen LogP contribution in [0.15, 0.2) is 0 Å². The molecule has 13 heavy (non-hydrogen) atoms. The predicted molar refractivity (Wildman–Crippen MR) is 48.2 cm³/mol. The molecule has 0 saturated heterocycles. The normalized spacial score (nSPS) is 12.5. The smallest absolute Gasteiger partial charge is 0.427 e. The third-order valence-corrected chi connectivity index (χ3v) is 0.749. The Labute approximate surface area is 79.1 Å². The van der Waals surface area contributed by atoms with Gasteiger partial charge in [-0.15, -0.1) is 0 Å². The predicted octanol–water partition coefficient (Wildman–Crippen LogP) is 2.67. The largest absolute Gasteiger partial charge is 0.540 e. The summed E-state index contributed by atoms with van der Waals surface area (Å²) in [4.78, 5) is 20.1. The first-order valence-electron chi connectivity index (χ1n) is 4.19. The third kappa shape index (κ3) is 9.14. The summed E-state index contributed by atoms with van der Waals surface area (Å²) in [6, 6.07) is 0. The molecule has 78 valence electrons. The number of carbonyl (C=O) groups is 1. The van der Waals surface area contributed by atoms with Gasteiger partial charge in [0.2, 0.25) is 0 Å². The lowest BCUT2D eigenvalue weighted by molar-refractivity contribution is -0.315. The molecule has 4 heteroatoms. The van der Waals surface area contributed by atoms with Crippen molar-refractivity contribution in [2.24, 2.45) is 0 Å². The van der Waals surface area contributed by atoms with E-state index < -0.39 is 17.4 Å². The van der Waals surface area contributed by atoms with Crippen molar-refractivity contribution in [1.82, 2.24) is 0 Å². The molecule has 0 rings (SSSR count). The molecule has 4 nitrogen and oxygen atoms in total. The van der Waals surface area contributed by atoms with Crippen molar-refractivity contribution in [2.45, 2.75) is 52.7 Å². The molecular weight excluding hydrogens is 172 g/mol. The van der Waals surface area contributed by atoms with Gasteiger partial charge in [-0.1, -0.05) is 0 Å². The van der Waals surface area contributed by atoms with Crippen LogP contribution in [0, 0.1) is 0 Å². The molecular formula is C9H18O4. The van der Waals surface area contributed by atoms with Crippen LogP contribution < -0.4 is 0 Å². The van der Waals surface area contributed by atoms with Gasteiger partial charge in [-0.3, -0.25) is 4.89 Å². The van der Waals surface area contributed by atoms with E-state index in [0.717, 1.165) is 0 Å². The molecule has 0 amide bonds. The molecule has 0 N–H and O–H groups in total. The van der Waals surface area contributed by atoms with Gasteiger partial charge in [0.1, 0.15) is 11.2 Å². The van der Waals surface area contributed by atoms with Crippen LogP contribution in [0.5, 0.6) is 0 Å². The van der Waals surface area contributed by atoms with Crippen molar-refractivity contribution in [3.05, 3.63) is 0 Å². The highest BCUT2D eigenvalue weighted by Crippen LogP contribution is 2.11. The quantitative estimate of drug-likeness (QED) is 0.362. The molecule has 0 aromatic carbocycles. The molecule has 0 saturated carbocycles. The molecule has 0 aliphatic heterocycles. The van der Waals surface area contributed by atoms with E-state index in [0.29, 0.717) is 0 Å². The van der Waals surface area contributed by atoms with Gasteiger partial charge in [0.15, 0.2) is 0 Å². The Balaban J connectivity index is 3.78. The molecule has 0 spiro atoms. The van der Waals surface area contributed by atoms with Crippen molar-refractivity contribution in [1.29, 1.82) is 0 Å². The van der Waals surface area contributed by atoms with E-state index in [1.165, 1.54) is 0 Å². The second-order valence-electron chi connectivity index (χ2n) is 4.74. The molecule has 0 atom stereocenters. The Morgan fingerprint density at radius 2 is 1.38 bits per heavy atom. The molecule has 0 bridgehead atoms. The van der Waals surface area contributed by atoms with Gasteiger partial charge in [-0.25, -0.2) is 4.79 Å². The zero-order valence-electron chi connectivity index (χ0n) is 9.13. The SMILES string of the molecule is CC(C)(C)OOC(=O)OC(C)(C)C. The number of ether oxygens (including phenoxy) is 1. The summed E-state index contributed by atoms with van der Waals surface area (Å²) in [5.74, 6) is 0. The minimum Gasteiger partial charge on any atom is -0.427 e. The molecule has 0 aliphatic carbocycles. The van der Waals surface area contributed by atoms with Crippen molar-refractivity contribution in [3.8, 4) is 0 Å². The highest BCUT2D eigenvalue weighted by Gasteiger charge is 2.21. The maximum absolute atomic E-state index is 10.9. The molecule has 0 unspecified atom stereocenters. The van der Waals surface area contributed by atoms with Crippen LogP contribution in [-0.2, 0) is 14.5 Å². The summed E-state index contributed by atoms with van der Waals surface area (Å²) < 4.78 is 4.85. The maximum atomic E-state index is 10.9. The van der Waals surface area contributed by atoms with E-state index in [1.807, 2.05) is 0 Å². The molecule has 0 radical (unpaired) electrons. The standard InChI is InChI=1S/C9H18O4/c1-8(2,3)11-7(10)12-13-9(4,5)6/h1-6H3. The molecule has 0 aromatic heterocycles. The molecule has 0 aromatic rings. The Morgan fingerprint density at radius 1 is 0.923 bits per heavy atom. The first-order chi connectivity index (χ1) is 5.60. The minimum absolute atomic E-state index is 0.517. The zero-order chi connectivity index (χ0) is 10.7. The second-order valence-corrected chi connectivity index (χ2v) is 4.74. The van der Waals surface area contributed by atoms with E-state index in [1.54, 1.807) is 41.5 Å². The van der Waals surface area contributed by atoms with Crippen LogP contribution in [0.4, 0.5) is 4.79 Å². The van der Waals surface area contributed by atoms with Crippen molar-refractivity contribution in [2.75, 3.05) is 0 Å². The molecule has 0 fully saturated rings. The van der Waals surface area contributed by atoms with Gasteiger partial charge in [0.05, 0.1) is 0 Å². The average Bonchev–Trinajstić information content (AvgIpc) is 1.78. The number of rotatable bonds is 1. The van der Waals surface area contributed by atoms with Crippen molar-refractivity contribution < 1.29 is 19.3 Å². The number of hydrogen-bond acceptors (Lipinski definition) is 4. The average molecular weight is 190 g/mol. The van der Waals surface area contributed by atoms with Crippen LogP contribution in [0.3, 0.4) is 0 Å². The van der Waals surface area contributed by atoms with Gasteiger partial charge in [-0.2, -0.15) is 4.89 Å². The van der Waals surface area contributed by atoms with E-state index in [9.17, 15) is 4.79 Å².